The van der Waals surface area contributed by atoms with E-state index in [1.807, 2.05) is 18.2 Å². The van der Waals surface area contributed by atoms with Crippen LogP contribution in [0.25, 0.3) is 27.7 Å². The zero-order valence-electron chi connectivity index (χ0n) is 18.5. The fourth-order valence-corrected chi connectivity index (χ4v) is 4.49. The molecule has 2 aromatic heterocycles. The number of aliphatic hydroxyl groups is 1. The van der Waals surface area contributed by atoms with E-state index < -0.39 is 23.9 Å². The van der Waals surface area contributed by atoms with E-state index >= 15 is 0 Å². The van der Waals surface area contributed by atoms with Crippen molar-refractivity contribution in [1.29, 1.82) is 0 Å². The first-order valence-corrected chi connectivity index (χ1v) is 11.3. The second-order valence-corrected chi connectivity index (χ2v) is 8.96. The topological polar surface area (TPSA) is 65.9 Å². The van der Waals surface area contributed by atoms with Crippen LogP contribution in [0.3, 0.4) is 0 Å². The smallest absolute Gasteiger partial charge is 0.374 e. The number of aromatic nitrogens is 3. The molecular weight excluding hydrogens is 467 g/mol. The predicted octanol–water partition coefficient (Wildman–Crippen LogP) is 6.60. The molecule has 1 fully saturated rings. The van der Waals surface area contributed by atoms with Crippen LogP contribution in [0, 0.1) is 5.92 Å². The fraction of sp³-hybridized carbons (Fsp3) is 0.320. The third-order valence-corrected chi connectivity index (χ3v) is 6.57. The first-order chi connectivity index (χ1) is 16.6. The average molecular weight is 490 g/mol. The Hall–Kier alpha value is -3.40. The van der Waals surface area contributed by atoms with E-state index in [1.54, 1.807) is 18.6 Å². The van der Waals surface area contributed by atoms with Crippen molar-refractivity contribution in [2.45, 2.75) is 44.0 Å². The monoisotopic (exact) mass is 490 g/mol. The van der Waals surface area contributed by atoms with Gasteiger partial charge in [0.1, 0.15) is 6.23 Å². The summed E-state index contributed by atoms with van der Waals surface area (Å²) in [7, 11) is 0. The molecule has 1 saturated carbocycles. The molecule has 0 saturated heterocycles. The zero-order chi connectivity index (χ0) is 24.8. The summed E-state index contributed by atoms with van der Waals surface area (Å²) in [5.41, 5.74) is 2.83. The summed E-state index contributed by atoms with van der Waals surface area (Å²) in [5.74, 6) is -2.92. The van der Waals surface area contributed by atoms with Gasteiger partial charge in [0.05, 0.1) is 23.1 Å². The van der Waals surface area contributed by atoms with Crippen LogP contribution >= 0.6 is 0 Å². The Morgan fingerprint density at radius 3 is 2.46 bits per heavy atom. The van der Waals surface area contributed by atoms with Gasteiger partial charge in [-0.15, -0.1) is 0 Å². The second kappa shape index (κ2) is 8.67. The van der Waals surface area contributed by atoms with Gasteiger partial charge >= 0.3 is 6.18 Å². The van der Waals surface area contributed by atoms with E-state index in [0.717, 1.165) is 34.2 Å². The summed E-state index contributed by atoms with van der Waals surface area (Å²) in [6.45, 7) is 0. The molecule has 0 spiro atoms. The molecule has 1 atom stereocenters. The van der Waals surface area contributed by atoms with Crippen LogP contribution in [-0.2, 0) is 6.18 Å². The third kappa shape index (κ3) is 4.88. The van der Waals surface area contributed by atoms with Crippen molar-refractivity contribution in [2.24, 2.45) is 5.92 Å². The minimum atomic E-state index is -4.40. The SMILES string of the molecule is OC(Nc1c[nH]c2ccc(-c3cnn(-c4ccc(C(F)(F)F)cc4)c3)cc12)C1CCC(F)(F)CC1. The predicted molar refractivity (Wildman–Crippen MR) is 122 cm³/mol. The van der Waals surface area contributed by atoms with Gasteiger partial charge in [-0.2, -0.15) is 18.3 Å². The molecular formula is C25H23F5N4O. The Balaban J connectivity index is 1.35. The molecule has 5 nitrogen and oxygen atoms in total. The maximum atomic E-state index is 13.4. The minimum absolute atomic E-state index is 0.225. The molecule has 3 N–H and O–H groups in total. The van der Waals surface area contributed by atoms with Gasteiger partial charge in [-0.1, -0.05) is 6.07 Å². The largest absolute Gasteiger partial charge is 0.416 e. The average Bonchev–Trinajstić information content (AvgIpc) is 3.46. The van der Waals surface area contributed by atoms with Crippen LogP contribution < -0.4 is 5.32 Å². The number of anilines is 1. The number of alkyl halides is 5. The van der Waals surface area contributed by atoms with Gasteiger partial charge < -0.3 is 15.4 Å². The number of hydrogen-bond donors (Lipinski definition) is 3. The molecule has 35 heavy (non-hydrogen) atoms. The molecule has 0 amide bonds. The van der Waals surface area contributed by atoms with E-state index in [1.165, 1.54) is 16.8 Å². The van der Waals surface area contributed by atoms with Crippen molar-refractivity contribution in [3.63, 3.8) is 0 Å². The lowest BCUT2D eigenvalue weighted by atomic mass is 9.85. The molecule has 2 aromatic carbocycles. The number of H-pyrrole nitrogens is 1. The standard InChI is InChI=1S/C25H23F5N4O/c26-24(27)9-7-15(8-10-24)23(35)33-22-13-31-21-6-1-16(11-20(21)22)17-12-32-34(14-17)19-4-2-18(3-5-19)25(28,29)30/h1-6,11-15,23,31,33,35H,7-10H2. The zero-order valence-corrected chi connectivity index (χ0v) is 18.5. The lowest BCUT2D eigenvalue weighted by Crippen LogP contribution is -2.35. The van der Waals surface area contributed by atoms with Crippen molar-refractivity contribution in [2.75, 3.05) is 5.32 Å². The first kappa shape index (κ1) is 23.3. The Morgan fingerprint density at radius 1 is 1.06 bits per heavy atom. The molecule has 2 heterocycles. The quantitative estimate of drug-likeness (QED) is 0.218. The fourth-order valence-electron chi connectivity index (χ4n) is 4.49. The number of nitrogens with zero attached hydrogens (tertiary/aromatic N) is 2. The molecule has 0 aliphatic heterocycles. The summed E-state index contributed by atoms with van der Waals surface area (Å²) in [6, 6.07) is 10.4. The number of aliphatic hydroxyl groups excluding tert-OH is 1. The highest BCUT2D eigenvalue weighted by Crippen LogP contribution is 2.38. The highest BCUT2D eigenvalue weighted by molar-refractivity contribution is 5.95. The third-order valence-electron chi connectivity index (χ3n) is 6.57. The number of halogens is 5. The number of benzene rings is 2. The van der Waals surface area contributed by atoms with Crippen molar-refractivity contribution < 1.29 is 27.1 Å². The van der Waals surface area contributed by atoms with Crippen LogP contribution in [0.1, 0.15) is 31.2 Å². The summed E-state index contributed by atoms with van der Waals surface area (Å²) in [6.07, 6.45) is -0.237. The highest BCUT2D eigenvalue weighted by Gasteiger charge is 2.37. The van der Waals surface area contributed by atoms with Gasteiger partial charge in [0.2, 0.25) is 5.92 Å². The Labute approximate surface area is 197 Å². The van der Waals surface area contributed by atoms with Crippen LogP contribution in [-0.4, -0.2) is 32.0 Å². The minimum Gasteiger partial charge on any atom is -0.374 e. The number of nitrogens with one attached hydrogen (secondary N) is 2. The Bertz CT molecular complexity index is 1320. The van der Waals surface area contributed by atoms with Crippen LogP contribution in [0.15, 0.2) is 61.1 Å². The highest BCUT2D eigenvalue weighted by atomic mass is 19.4. The van der Waals surface area contributed by atoms with E-state index in [9.17, 15) is 27.1 Å². The number of fused-ring (bicyclic) bond motifs is 1. The van der Waals surface area contributed by atoms with E-state index in [2.05, 4.69) is 15.4 Å². The molecule has 1 unspecified atom stereocenters. The normalized spacial score (nSPS) is 17.5. The molecule has 1 aliphatic rings. The maximum absolute atomic E-state index is 13.4. The molecule has 0 radical (unpaired) electrons. The van der Waals surface area contributed by atoms with Gasteiger partial charge in [0.25, 0.3) is 0 Å². The molecule has 1 aliphatic carbocycles. The molecule has 5 rings (SSSR count). The van der Waals surface area contributed by atoms with Crippen molar-refractivity contribution in [3.8, 4) is 16.8 Å². The summed E-state index contributed by atoms with van der Waals surface area (Å²) >= 11 is 0. The van der Waals surface area contributed by atoms with Gasteiger partial charge in [0.15, 0.2) is 0 Å². The number of hydrogen-bond acceptors (Lipinski definition) is 3. The van der Waals surface area contributed by atoms with Gasteiger partial charge in [0, 0.05) is 47.6 Å². The molecule has 4 aromatic rings. The lowest BCUT2D eigenvalue weighted by Gasteiger charge is -2.31. The second-order valence-electron chi connectivity index (χ2n) is 8.96. The maximum Gasteiger partial charge on any atom is 0.416 e. The van der Waals surface area contributed by atoms with E-state index in [4.69, 9.17) is 0 Å². The van der Waals surface area contributed by atoms with E-state index in [-0.39, 0.29) is 31.6 Å². The van der Waals surface area contributed by atoms with Gasteiger partial charge in [-0.3, -0.25) is 0 Å². The Morgan fingerprint density at radius 2 is 1.77 bits per heavy atom. The van der Waals surface area contributed by atoms with Gasteiger partial charge in [-0.25, -0.2) is 13.5 Å². The van der Waals surface area contributed by atoms with Crippen LogP contribution in [0.4, 0.5) is 27.6 Å². The number of aromatic amines is 1. The first-order valence-electron chi connectivity index (χ1n) is 11.3. The molecule has 10 heteroatoms. The number of rotatable bonds is 5. The summed E-state index contributed by atoms with van der Waals surface area (Å²) < 4.78 is 66.9. The van der Waals surface area contributed by atoms with Crippen molar-refractivity contribution in [3.05, 3.63) is 66.6 Å². The van der Waals surface area contributed by atoms with Gasteiger partial charge in [-0.05, 0) is 54.8 Å². The summed E-state index contributed by atoms with van der Waals surface area (Å²) in [4.78, 5) is 3.13. The Kier molecular flexibility index (Phi) is 5.79. The lowest BCUT2D eigenvalue weighted by molar-refractivity contribution is -0.137. The molecule has 184 valence electrons. The van der Waals surface area contributed by atoms with E-state index in [0.29, 0.717) is 11.4 Å². The van der Waals surface area contributed by atoms with Crippen LogP contribution in [0.2, 0.25) is 0 Å². The van der Waals surface area contributed by atoms with Crippen LogP contribution in [0.5, 0.6) is 0 Å². The molecule has 0 bridgehead atoms. The van der Waals surface area contributed by atoms with Crippen molar-refractivity contribution >= 4 is 16.6 Å². The summed E-state index contributed by atoms with van der Waals surface area (Å²) in [5, 5.41) is 18.8. The van der Waals surface area contributed by atoms with Crippen molar-refractivity contribution in [1.82, 2.24) is 14.8 Å².